The molecular weight excluding hydrogens is 610 g/mol. The Morgan fingerprint density at radius 3 is 2.00 bits per heavy atom. The molecular formula is C41H57N5O3. The van der Waals surface area contributed by atoms with Crippen LogP contribution >= 0.6 is 0 Å². The minimum atomic E-state index is -0.250. The Balaban J connectivity index is 0.00000109. The van der Waals surface area contributed by atoms with Gasteiger partial charge >= 0.3 is 12.1 Å². The lowest BCUT2D eigenvalue weighted by molar-refractivity contribution is 0.133. The van der Waals surface area contributed by atoms with Gasteiger partial charge in [-0.25, -0.2) is 9.59 Å². The van der Waals surface area contributed by atoms with Crippen LogP contribution in [0.25, 0.3) is 0 Å². The van der Waals surface area contributed by atoms with Crippen molar-refractivity contribution >= 4 is 23.4 Å². The zero-order chi connectivity index (χ0) is 34.1. The number of nitrogens with zero attached hydrogens (tertiary/aromatic N) is 2. The van der Waals surface area contributed by atoms with Crippen molar-refractivity contribution in [3.8, 4) is 5.75 Å². The SMILES string of the molecule is C1CCC1.COc1ccc(CCN2CCC[C@@H]2CN(C(=O)Nc2ccccc2)[C@@H](CNC(=O)Nc2ccccc2)CC2CCCCC2)cc1. The van der Waals surface area contributed by atoms with Gasteiger partial charge in [0.25, 0.3) is 0 Å². The summed E-state index contributed by atoms with van der Waals surface area (Å²) >= 11 is 0. The summed E-state index contributed by atoms with van der Waals surface area (Å²) in [7, 11) is 1.69. The number of urea groups is 2. The van der Waals surface area contributed by atoms with Crippen molar-refractivity contribution < 1.29 is 14.3 Å². The zero-order valence-corrected chi connectivity index (χ0v) is 29.5. The molecule has 0 unspecified atom stereocenters. The summed E-state index contributed by atoms with van der Waals surface area (Å²) in [5.41, 5.74) is 2.81. The lowest BCUT2D eigenvalue weighted by Gasteiger charge is -2.38. The molecule has 2 saturated carbocycles. The highest BCUT2D eigenvalue weighted by Crippen LogP contribution is 2.30. The summed E-state index contributed by atoms with van der Waals surface area (Å²) in [4.78, 5) is 31.7. The van der Waals surface area contributed by atoms with Crippen molar-refractivity contribution in [2.45, 2.75) is 95.6 Å². The van der Waals surface area contributed by atoms with E-state index in [1.54, 1.807) is 7.11 Å². The van der Waals surface area contributed by atoms with Gasteiger partial charge in [0.05, 0.1) is 13.2 Å². The highest BCUT2D eigenvalue weighted by Gasteiger charge is 2.33. The first-order valence-electron chi connectivity index (χ1n) is 18.7. The fraction of sp³-hybridized carbons (Fsp3) is 0.512. The highest BCUT2D eigenvalue weighted by atomic mass is 16.5. The molecule has 4 amide bonds. The number of ether oxygens (including phenoxy) is 1. The summed E-state index contributed by atoms with van der Waals surface area (Å²) in [6.07, 6.45) is 16.1. The predicted octanol–water partition coefficient (Wildman–Crippen LogP) is 8.96. The van der Waals surface area contributed by atoms with Gasteiger partial charge in [-0.1, -0.05) is 106 Å². The Kier molecular flexibility index (Phi) is 14.7. The van der Waals surface area contributed by atoms with Gasteiger partial charge in [0.2, 0.25) is 0 Å². The van der Waals surface area contributed by atoms with E-state index < -0.39 is 0 Å². The molecule has 8 heteroatoms. The van der Waals surface area contributed by atoms with Crippen molar-refractivity contribution in [1.82, 2.24) is 15.1 Å². The fourth-order valence-corrected chi connectivity index (χ4v) is 7.09. The van der Waals surface area contributed by atoms with Gasteiger partial charge in [0.1, 0.15) is 5.75 Å². The van der Waals surface area contributed by atoms with Crippen LogP contribution in [-0.4, -0.2) is 67.2 Å². The second-order valence-electron chi connectivity index (χ2n) is 13.9. The largest absolute Gasteiger partial charge is 0.497 e. The molecule has 3 N–H and O–H groups in total. The number of anilines is 2. The van der Waals surface area contributed by atoms with E-state index in [0.717, 1.165) is 55.9 Å². The number of amides is 4. The topological polar surface area (TPSA) is 85.9 Å². The number of methoxy groups -OCH3 is 1. The van der Waals surface area contributed by atoms with Crippen molar-refractivity contribution in [3.63, 3.8) is 0 Å². The molecule has 264 valence electrons. The molecule has 6 rings (SSSR count). The summed E-state index contributed by atoms with van der Waals surface area (Å²) in [6.45, 7) is 2.99. The third-order valence-electron chi connectivity index (χ3n) is 10.3. The number of carbonyl (C=O) groups excluding carboxylic acids is 2. The molecule has 1 heterocycles. The molecule has 3 aliphatic rings. The maximum Gasteiger partial charge on any atom is 0.322 e. The predicted molar refractivity (Wildman–Crippen MR) is 200 cm³/mol. The molecule has 49 heavy (non-hydrogen) atoms. The number of hydrogen-bond donors (Lipinski definition) is 3. The smallest absolute Gasteiger partial charge is 0.322 e. The molecule has 3 aromatic rings. The molecule has 2 aliphatic carbocycles. The minimum absolute atomic E-state index is 0.103. The number of rotatable bonds is 13. The van der Waals surface area contributed by atoms with E-state index in [1.807, 2.05) is 77.7 Å². The van der Waals surface area contributed by atoms with E-state index in [-0.39, 0.29) is 24.1 Å². The number of nitrogens with one attached hydrogen (secondary N) is 3. The van der Waals surface area contributed by atoms with Crippen LogP contribution in [0.5, 0.6) is 5.75 Å². The third-order valence-corrected chi connectivity index (χ3v) is 10.3. The number of para-hydroxylation sites is 2. The highest BCUT2D eigenvalue weighted by molar-refractivity contribution is 5.90. The van der Waals surface area contributed by atoms with Gasteiger partial charge in [-0.3, -0.25) is 4.90 Å². The first-order valence-corrected chi connectivity index (χ1v) is 18.7. The molecule has 3 aromatic carbocycles. The summed E-state index contributed by atoms with van der Waals surface area (Å²) in [5, 5.41) is 9.23. The van der Waals surface area contributed by atoms with Crippen molar-refractivity contribution in [3.05, 3.63) is 90.5 Å². The third kappa shape index (κ3) is 12.1. The number of benzene rings is 3. The second kappa shape index (κ2) is 19.8. The van der Waals surface area contributed by atoms with Crippen molar-refractivity contribution in [2.75, 3.05) is 43.9 Å². The van der Waals surface area contributed by atoms with Gasteiger partial charge in [-0.05, 0) is 80.1 Å². The average Bonchev–Trinajstić information content (AvgIpc) is 3.56. The van der Waals surface area contributed by atoms with Crippen LogP contribution in [0.4, 0.5) is 21.0 Å². The number of carbonyl (C=O) groups is 2. The molecule has 0 aromatic heterocycles. The van der Waals surface area contributed by atoms with Gasteiger partial charge in [-0.2, -0.15) is 0 Å². The molecule has 2 atom stereocenters. The monoisotopic (exact) mass is 667 g/mol. The van der Waals surface area contributed by atoms with Gasteiger partial charge in [0.15, 0.2) is 0 Å². The van der Waals surface area contributed by atoms with E-state index in [9.17, 15) is 9.59 Å². The van der Waals surface area contributed by atoms with Crippen LogP contribution in [0.2, 0.25) is 0 Å². The Morgan fingerprint density at radius 1 is 0.776 bits per heavy atom. The standard InChI is InChI=1S/C37H49N5O3.C4H8/c1-45-35-21-19-29(20-22-35)23-25-41-24-11-18-33(41)28-42(37(44)40-32-16-9-4-10-17-32)34(26-30-12-5-2-6-13-30)27-38-36(43)39-31-14-7-3-8-15-31;1-2-4-3-1/h3-4,7-10,14-17,19-22,30,33-34H,2,5-6,11-13,18,23-28H2,1H3,(H,40,44)(H2,38,39,43);1-4H2/t33-,34-;/m1./s1. The van der Waals surface area contributed by atoms with E-state index in [0.29, 0.717) is 19.0 Å². The molecule has 3 fully saturated rings. The molecule has 0 bridgehead atoms. The first-order chi connectivity index (χ1) is 24.1. The Morgan fingerprint density at radius 2 is 1.39 bits per heavy atom. The lowest BCUT2D eigenvalue weighted by atomic mass is 9.84. The van der Waals surface area contributed by atoms with Gasteiger partial charge < -0.3 is 25.6 Å². The van der Waals surface area contributed by atoms with Gasteiger partial charge in [-0.15, -0.1) is 0 Å². The first kappa shape index (κ1) is 36.2. The second-order valence-corrected chi connectivity index (χ2v) is 13.9. The molecule has 0 spiro atoms. The fourth-order valence-electron chi connectivity index (χ4n) is 7.09. The Labute approximate surface area is 294 Å². The quantitative estimate of drug-likeness (QED) is 0.170. The average molecular weight is 668 g/mol. The maximum atomic E-state index is 14.1. The summed E-state index contributed by atoms with van der Waals surface area (Å²) in [5.74, 6) is 1.41. The summed E-state index contributed by atoms with van der Waals surface area (Å²) < 4.78 is 5.33. The van der Waals surface area contributed by atoms with E-state index in [1.165, 1.54) is 63.4 Å². The van der Waals surface area contributed by atoms with Gasteiger partial charge in [0, 0.05) is 37.1 Å². The van der Waals surface area contributed by atoms with Crippen LogP contribution in [0.3, 0.4) is 0 Å². The van der Waals surface area contributed by atoms with E-state index in [4.69, 9.17) is 4.74 Å². The number of hydrogen-bond acceptors (Lipinski definition) is 4. The molecule has 8 nitrogen and oxygen atoms in total. The van der Waals surface area contributed by atoms with Crippen LogP contribution in [0.15, 0.2) is 84.9 Å². The van der Waals surface area contributed by atoms with Crippen molar-refractivity contribution in [2.24, 2.45) is 5.92 Å². The maximum absolute atomic E-state index is 14.1. The van der Waals surface area contributed by atoms with Crippen LogP contribution in [0, 0.1) is 5.92 Å². The Bertz CT molecular complexity index is 1370. The van der Waals surface area contributed by atoms with E-state index in [2.05, 4.69) is 33.0 Å². The van der Waals surface area contributed by atoms with Crippen LogP contribution in [-0.2, 0) is 6.42 Å². The number of likely N-dealkylation sites (tertiary alicyclic amines) is 1. The normalized spacial score (nSPS) is 18.3. The van der Waals surface area contributed by atoms with E-state index >= 15 is 0 Å². The molecule has 1 aliphatic heterocycles. The molecule has 1 saturated heterocycles. The Hall–Kier alpha value is -4.04. The zero-order valence-electron chi connectivity index (χ0n) is 29.5. The van der Waals surface area contributed by atoms with Crippen LogP contribution < -0.4 is 20.7 Å². The van der Waals surface area contributed by atoms with Crippen LogP contribution in [0.1, 0.15) is 82.6 Å². The lowest BCUT2D eigenvalue weighted by Crippen LogP contribution is -2.54. The summed E-state index contributed by atoms with van der Waals surface area (Å²) in [6, 6.07) is 27.2. The van der Waals surface area contributed by atoms with Crippen molar-refractivity contribution in [1.29, 1.82) is 0 Å². The molecule has 0 radical (unpaired) electrons. The minimum Gasteiger partial charge on any atom is -0.497 e.